The molecule has 0 heterocycles. The van der Waals surface area contributed by atoms with Crippen molar-refractivity contribution < 1.29 is 9.59 Å². The predicted molar refractivity (Wildman–Crippen MR) is 68.6 cm³/mol. The fourth-order valence-corrected chi connectivity index (χ4v) is 1.31. The average molecular weight is 243 g/mol. The second-order valence-corrected chi connectivity index (χ2v) is 4.86. The molecule has 100 valence electrons. The molecule has 0 saturated heterocycles. The first-order chi connectivity index (χ1) is 7.81. The highest BCUT2D eigenvalue weighted by atomic mass is 16.2. The topological polar surface area (TPSA) is 70.2 Å². The third-order valence-electron chi connectivity index (χ3n) is 2.42. The van der Waals surface area contributed by atoms with Crippen molar-refractivity contribution in [2.75, 3.05) is 19.6 Å². The second kappa shape index (κ2) is 7.27. The predicted octanol–water partition coefficient (Wildman–Crippen LogP) is 0.263. The van der Waals surface area contributed by atoms with Crippen LogP contribution in [0.1, 0.15) is 34.6 Å². The Morgan fingerprint density at radius 2 is 1.65 bits per heavy atom. The molecule has 0 spiro atoms. The lowest BCUT2D eigenvalue weighted by atomic mass is 10.0. The number of carbonyl (C=O) groups excluding carboxylic acids is 2. The van der Waals surface area contributed by atoms with Gasteiger partial charge in [-0.15, -0.1) is 0 Å². The summed E-state index contributed by atoms with van der Waals surface area (Å²) >= 11 is 0. The third kappa shape index (κ3) is 6.26. The SMILES string of the molecule is CCNC(C)(C)C(=O)NCCNC(=O)C(C)C. The van der Waals surface area contributed by atoms with Gasteiger partial charge in [0, 0.05) is 19.0 Å². The molecule has 0 aliphatic rings. The van der Waals surface area contributed by atoms with Gasteiger partial charge in [0.1, 0.15) is 0 Å². The van der Waals surface area contributed by atoms with Crippen LogP contribution in [-0.2, 0) is 9.59 Å². The molecule has 0 fully saturated rings. The van der Waals surface area contributed by atoms with E-state index in [4.69, 9.17) is 0 Å². The van der Waals surface area contributed by atoms with Crippen LogP contribution in [0.2, 0.25) is 0 Å². The minimum Gasteiger partial charge on any atom is -0.354 e. The number of likely N-dealkylation sites (N-methyl/N-ethyl adjacent to an activating group) is 1. The van der Waals surface area contributed by atoms with Crippen LogP contribution in [0.15, 0.2) is 0 Å². The maximum Gasteiger partial charge on any atom is 0.239 e. The van der Waals surface area contributed by atoms with Crippen molar-refractivity contribution in [3.8, 4) is 0 Å². The molecular formula is C12H25N3O2. The molecule has 0 radical (unpaired) electrons. The van der Waals surface area contributed by atoms with E-state index in [9.17, 15) is 9.59 Å². The summed E-state index contributed by atoms with van der Waals surface area (Å²) in [5.74, 6) is -0.0766. The summed E-state index contributed by atoms with van der Waals surface area (Å²) in [5.41, 5.74) is -0.573. The van der Waals surface area contributed by atoms with Crippen LogP contribution < -0.4 is 16.0 Å². The Kier molecular flexibility index (Phi) is 6.80. The average Bonchev–Trinajstić information content (AvgIpc) is 2.23. The van der Waals surface area contributed by atoms with Crippen molar-refractivity contribution in [2.45, 2.75) is 40.2 Å². The number of nitrogens with one attached hydrogen (secondary N) is 3. The monoisotopic (exact) mass is 243 g/mol. The van der Waals surface area contributed by atoms with Crippen molar-refractivity contribution in [1.29, 1.82) is 0 Å². The molecule has 0 aliphatic heterocycles. The van der Waals surface area contributed by atoms with Gasteiger partial charge in [-0.3, -0.25) is 9.59 Å². The van der Waals surface area contributed by atoms with Gasteiger partial charge < -0.3 is 16.0 Å². The molecule has 2 amide bonds. The highest BCUT2D eigenvalue weighted by molar-refractivity contribution is 5.85. The lowest BCUT2D eigenvalue weighted by molar-refractivity contribution is -0.127. The van der Waals surface area contributed by atoms with Crippen LogP contribution in [-0.4, -0.2) is 37.0 Å². The summed E-state index contributed by atoms with van der Waals surface area (Å²) in [6.45, 7) is 10.9. The van der Waals surface area contributed by atoms with E-state index in [-0.39, 0.29) is 17.7 Å². The number of amides is 2. The van der Waals surface area contributed by atoms with Crippen molar-refractivity contribution in [3.05, 3.63) is 0 Å². The summed E-state index contributed by atoms with van der Waals surface area (Å²) in [6, 6.07) is 0. The standard InChI is InChI=1S/C12H25N3O2/c1-6-15-12(4,5)11(17)14-8-7-13-10(16)9(2)3/h9,15H,6-8H2,1-5H3,(H,13,16)(H,14,17). The van der Waals surface area contributed by atoms with Gasteiger partial charge in [-0.25, -0.2) is 0 Å². The van der Waals surface area contributed by atoms with E-state index in [1.807, 2.05) is 34.6 Å². The number of hydrogen-bond acceptors (Lipinski definition) is 3. The molecule has 0 rings (SSSR count). The Bertz CT molecular complexity index is 262. The summed E-state index contributed by atoms with van der Waals surface area (Å²) in [4.78, 5) is 23.0. The van der Waals surface area contributed by atoms with Crippen molar-refractivity contribution in [3.63, 3.8) is 0 Å². The van der Waals surface area contributed by atoms with Crippen molar-refractivity contribution in [2.24, 2.45) is 5.92 Å². The first-order valence-electron chi connectivity index (χ1n) is 6.12. The smallest absolute Gasteiger partial charge is 0.239 e. The first-order valence-corrected chi connectivity index (χ1v) is 6.12. The second-order valence-electron chi connectivity index (χ2n) is 4.86. The quantitative estimate of drug-likeness (QED) is 0.562. The van der Waals surface area contributed by atoms with E-state index in [1.54, 1.807) is 0 Å². The molecule has 0 aromatic rings. The molecule has 3 N–H and O–H groups in total. The van der Waals surface area contributed by atoms with Crippen LogP contribution >= 0.6 is 0 Å². The number of hydrogen-bond donors (Lipinski definition) is 3. The molecule has 5 nitrogen and oxygen atoms in total. The van der Waals surface area contributed by atoms with Crippen molar-refractivity contribution >= 4 is 11.8 Å². The van der Waals surface area contributed by atoms with Gasteiger partial charge in [0.2, 0.25) is 11.8 Å². The Morgan fingerprint density at radius 3 is 2.12 bits per heavy atom. The minimum absolute atomic E-state index is 0.00481. The van der Waals surface area contributed by atoms with Gasteiger partial charge in [-0.1, -0.05) is 20.8 Å². The molecule has 5 heteroatoms. The summed E-state index contributed by atoms with van der Waals surface area (Å²) in [5, 5.41) is 8.62. The zero-order valence-electron chi connectivity index (χ0n) is 11.5. The third-order valence-corrected chi connectivity index (χ3v) is 2.42. The Balaban J connectivity index is 3.82. The normalized spacial score (nSPS) is 11.4. The van der Waals surface area contributed by atoms with E-state index >= 15 is 0 Å². The highest BCUT2D eigenvalue weighted by Gasteiger charge is 2.25. The zero-order chi connectivity index (χ0) is 13.5. The Hall–Kier alpha value is -1.10. The summed E-state index contributed by atoms with van der Waals surface area (Å²) < 4.78 is 0. The summed E-state index contributed by atoms with van der Waals surface area (Å²) in [7, 11) is 0. The molecular weight excluding hydrogens is 218 g/mol. The largest absolute Gasteiger partial charge is 0.354 e. The molecule has 0 aromatic heterocycles. The molecule has 0 aliphatic carbocycles. The molecule has 17 heavy (non-hydrogen) atoms. The van der Waals surface area contributed by atoms with E-state index in [1.165, 1.54) is 0 Å². The van der Waals surface area contributed by atoms with Crippen LogP contribution in [0.3, 0.4) is 0 Å². The lowest BCUT2D eigenvalue weighted by Crippen LogP contribution is -2.53. The van der Waals surface area contributed by atoms with Gasteiger partial charge in [0.15, 0.2) is 0 Å². The van der Waals surface area contributed by atoms with Gasteiger partial charge >= 0.3 is 0 Å². The lowest BCUT2D eigenvalue weighted by Gasteiger charge is -2.24. The molecule has 0 atom stereocenters. The molecule has 0 saturated carbocycles. The van der Waals surface area contributed by atoms with Crippen LogP contribution in [0, 0.1) is 5.92 Å². The van der Waals surface area contributed by atoms with Crippen molar-refractivity contribution in [1.82, 2.24) is 16.0 Å². The Morgan fingerprint density at radius 1 is 1.12 bits per heavy atom. The van der Waals surface area contributed by atoms with Gasteiger partial charge in [-0.2, -0.15) is 0 Å². The fraction of sp³-hybridized carbons (Fsp3) is 0.833. The summed E-state index contributed by atoms with van der Waals surface area (Å²) in [6.07, 6.45) is 0. The maximum atomic E-state index is 11.7. The zero-order valence-corrected chi connectivity index (χ0v) is 11.5. The fourth-order valence-electron chi connectivity index (χ4n) is 1.31. The van der Waals surface area contributed by atoms with E-state index in [2.05, 4.69) is 16.0 Å². The first kappa shape index (κ1) is 15.9. The maximum absolute atomic E-state index is 11.7. The van der Waals surface area contributed by atoms with E-state index in [0.717, 1.165) is 6.54 Å². The van der Waals surface area contributed by atoms with Gasteiger partial charge in [0.25, 0.3) is 0 Å². The van der Waals surface area contributed by atoms with Crippen LogP contribution in [0.5, 0.6) is 0 Å². The number of rotatable bonds is 7. The van der Waals surface area contributed by atoms with E-state index in [0.29, 0.717) is 13.1 Å². The van der Waals surface area contributed by atoms with Crippen LogP contribution in [0.4, 0.5) is 0 Å². The molecule has 0 aromatic carbocycles. The molecule has 0 unspecified atom stereocenters. The molecule has 0 bridgehead atoms. The Labute approximate surface area is 104 Å². The minimum atomic E-state index is -0.573. The van der Waals surface area contributed by atoms with Gasteiger partial charge in [0.05, 0.1) is 5.54 Å². The van der Waals surface area contributed by atoms with E-state index < -0.39 is 5.54 Å². The highest BCUT2D eigenvalue weighted by Crippen LogP contribution is 2.00. The number of carbonyl (C=O) groups is 2. The van der Waals surface area contributed by atoms with Crippen LogP contribution in [0.25, 0.3) is 0 Å². The van der Waals surface area contributed by atoms with Gasteiger partial charge in [-0.05, 0) is 20.4 Å².